The Morgan fingerprint density at radius 2 is 1.76 bits per heavy atom. The molecule has 8 heteroatoms. The smallest absolute Gasteiger partial charge is 0.303 e. The molecule has 4 aliphatic rings. The van der Waals surface area contributed by atoms with Gasteiger partial charge in [0.25, 0.3) is 0 Å². The van der Waals surface area contributed by atoms with Crippen LogP contribution in [0.3, 0.4) is 0 Å². The van der Waals surface area contributed by atoms with Crippen LogP contribution in [0.15, 0.2) is 11.1 Å². The van der Waals surface area contributed by atoms with Crippen LogP contribution in [0.25, 0.3) is 0 Å². The lowest BCUT2D eigenvalue weighted by Crippen LogP contribution is -2.77. The summed E-state index contributed by atoms with van der Waals surface area (Å²) >= 11 is 0. The van der Waals surface area contributed by atoms with Crippen LogP contribution in [0, 0.1) is 28.6 Å². The number of ether oxygens (including phenoxy) is 3. The van der Waals surface area contributed by atoms with Crippen molar-refractivity contribution in [2.75, 3.05) is 6.61 Å². The Hall–Kier alpha value is -1.38. The van der Waals surface area contributed by atoms with E-state index in [1.807, 2.05) is 20.8 Å². The van der Waals surface area contributed by atoms with Gasteiger partial charge in [0.05, 0.1) is 18.8 Å². The molecule has 0 aromatic rings. The summed E-state index contributed by atoms with van der Waals surface area (Å²) in [6, 6.07) is 0. The molecule has 3 aliphatic carbocycles. The highest BCUT2D eigenvalue weighted by molar-refractivity contribution is 6.12. The first-order valence-electron chi connectivity index (χ1n) is 12.2. The van der Waals surface area contributed by atoms with Crippen molar-refractivity contribution in [1.29, 1.82) is 0 Å². The van der Waals surface area contributed by atoms with Crippen LogP contribution >= 0.6 is 0 Å². The maximum atomic E-state index is 12.3. The molecule has 184 valence electrons. The second-order valence-corrected chi connectivity index (χ2v) is 11.8. The summed E-state index contributed by atoms with van der Waals surface area (Å²) < 4.78 is 17.6. The van der Waals surface area contributed by atoms with E-state index in [0.717, 1.165) is 11.1 Å². The zero-order chi connectivity index (χ0) is 24.7. The van der Waals surface area contributed by atoms with Gasteiger partial charge in [-0.1, -0.05) is 39.1 Å². The molecular weight excluding hydrogens is 423 g/mol. The summed E-state index contributed by atoms with van der Waals surface area (Å²) in [4.78, 5) is 24.2. The maximum Gasteiger partial charge on any atom is 0.303 e. The van der Waals surface area contributed by atoms with Crippen LogP contribution in [-0.4, -0.2) is 66.6 Å². The summed E-state index contributed by atoms with van der Waals surface area (Å²) in [6.07, 6.45) is -1.47. The predicted molar refractivity (Wildman–Crippen MR) is 124 cm³/mol. The first kappa shape index (κ1) is 24.7. The van der Waals surface area contributed by atoms with Gasteiger partial charge in [0.15, 0.2) is 5.60 Å². The molecule has 33 heavy (non-hydrogen) atoms. The van der Waals surface area contributed by atoms with Crippen LogP contribution in [0.4, 0.5) is 0 Å². The summed E-state index contributed by atoms with van der Waals surface area (Å²) in [7, 11) is 2.14. The van der Waals surface area contributed by atoms with Crippen LogP contribution in [-0.2, 0) is 23.8 Å². The Morgan fingerprint density at radius 1 is 1.12 bits per heavy atom. The third-order valence-electron chi connectivity index (χ3n) is 9.77. The van der Waals surface area contributed by atoms with Gasteiger partial charge in [-0.2, -0.15) is 0 Å². The SMILES string of the molecule is B[C@H]1[C@@H]2[C@]3(OC(C)=O)CO[C@@H]3C[C@H](O)[C@@]2(C)[C@@H](O)[C@H](C)C2=C(C)[C@@H](OC(C)=O)C[C@@H]1C2(C)C. The maximum absolute atomic E-state index is 12.3. The average Bonchev–Trinajstić information content (AvgIpc) is 2.69. The fourth-order valence-corrected chi connectivity index (χ4v) is 8.60. The zero-order valence-corrected chi connectivity index (χ0v) is 21.2. The zero-order valence-electron chi connectivity index (χ0n) is 21.2. The van der Waals surface area contributed by atoms with Crippen molar-refractivity contribution in [2.45, 2.75) is 97.1 Å². The van der Waals surface area contributed by atoms with Crippen molar-refractivity contribution in [3.05, 3.63) is 11.1 Å². The molecule has 1 heterocycles. The number of rotatable bonds is 2. The number of hydrogen-bond acceptors (Lipinski definition) is 7. The molecule has 2 N–H and O–H groups in total. The van der Waals surface area contributed by atoms with E-state index in [4.69, 9.17) is 14.2 Å². The van der Waals surface area contributed by atoms with Gasteiger partial charge in [-0.15, -0.1) is 0 Å². The van der Waals surface area contributed by atoms with Gasteiger partial charge >= 0.3 is 11.9 Å². The molecule has 10 atom stereocenters. The highest BCUT2D eigenvalue weighted by atomic mass is 16.6. The molecule has 2 bridgehead atoms. The standard InChI is InChI=1S/C25H39BO7/c1-11-16(32-13(3)27)8-15-20(26)21-24(7,22(30)12(2)19(11)23(15,5)6)17(29)9-18-25(21,10-31-18)33-14(4)28/h12,15-18,20-22,29-30H,8-10,26H2,1-7H3/t12-,15+,16+,17+,18-,20-,21+,22+,24-,25+/m1/s1. The van der Waals surface area contributed by atoms with Crippen LogP contribution in [0.1, 0.15) is 61.3 Å². The van der Waals surface area contributed by atoms with Crippen molar-refractivity contribution >= 4 is 19.8 Å². The monoisotopic (exact) mass is 462 g/mol. The molecule has 0 unspecified atom stereocenters. The van der Waals surface area contributed by atoms with Crippen molar-refractivity contribution < 1.29 is 34.0 Å². The molecule has 0 aromatic carbocycles. The van der Waals surface area contributed by atoms with Crippen LogP contribution < -0.4 is 0 Å². The fraction of sp³-hybridized carbons (Fsp3) is 0.840. The molecule has 0 aromatic heterocycles. The van der Waals surface area contributed by atoms with Crippen LogP contribution in [0.5, 0.6) is 0 Å². The third-order valence-corrected chi connectivity index (χ3v) is 9.77. The molecule has 7 nitrogen and oxygen atoms in total. The summed E-state index contributed by atoms with van der Waals surface area (Å²) in [6.45, 7) is 13.5. The van der Waals surface area contributed by atoms with E-state index in [-0.39, 0.29) is 53.6 Å². The molecule has 0 spiro atoms. The first-order valence-corrected chi connectivity index (χ1v) is 12.2. The quantitative estimate of drug-likeness (QED) is 0.367. The number of carbonyl (C=O) groups excluding carboxylic acids is 2. The third kappa shape index (κ3) is 3.27. The van der Waals surface area contributed by atoms with E-state index < -0.39 is 29.3 Å². The molecule has 1 aliphatic heterocycles. The second kappa shape index (κ2) is 7.82. The van der Waals surface area contributed by atoms with E-state index >= 15 is 0 Å². The van der Waals surface area contributed by atoms with Crippen molar-refractivity contribution in [1.82, 2.24) is 0 Å². The number of fused-ring (bicyclic) bond motifs is 5. The highest BCUT2D eigenvalue weighted by Gasteiger charge is 2.72. The molecule has 0 radical (unpaired) electrons. The molecular formula is C25H39BO7. The molecule has 2 saturated carbocycles. The Morgan fingerprint density at radius 3 is 2.27 bits per heavy atom. The number of carbonyl (C=O) groups is 2. The van der Waals surface area contributed by atoms with Crippen molar-refractivity contribution in [2.24, 2.45) is 28.6 Å². The van der Waals surface area contributed by atoms with Gasteiger partial charge in [-0.05, 0) is 30.3 Å². The van der Waals surface area contributed by atoms with E-state index in [1.54, 1.807) is 0 Å². The van der Waals surface area contributed by atoms with E-state index in [9.17, 15) is 19.8 Å². The largest absolute Gasteiger partial charge is 0.458 e. The molecule has 4 rings (SSSR count). The number of aliphatic hydroxyl groups is 2. The molecule has 1 saturated heterocycles. The minimum absolute atomic E-state index is 0.0472. The second-order valence-electron chi connectivity index (χ2n) is 11.8. The van der Waals surface area contributed by atoms with Gasteiger partial charge in [0, 0.05) is 37.5 Å². The normalized spacial score (nSPS) is 48.4. The van der Waals surface area contributed by atoms with Crippen molar-refractivity contribution in [3.63, 3.8) is 0 Å². The van der Waals surface area contributed by atoms with Crippen molar-refractivity contribution in [3.8, 4) is 0 Å². The Bertz CT molecular complexity index is 884. The first-order chi connectivity index (χ1) is 15.2. The van der Waals surface area contributed by atoms with E-state index in [0.29, 0.717) is 12.8 Å². The lowest BCUT2D eigenvalue weighted by Gasteiger charge is -2.68. The van der Waals surface area contributed by atoms with Crippen LogP contribution in [0.2, 0.25) is 5.82 Å². The average molecular weight is 462 g/mol. The molecule has 0 amide bonds. The fourth-order valence-electron chi connectivity index (χ4n) is 8.60. The van der Waals surface area contributed by atoms with Gasteiger partial charge in [-0.25, -0.2) is 0 Å². The van der Waals surface area contributed by atoms with Gasteiger partial charge < -0.3 is 24.4 Å². The summed E-state index contributed by atoms with van der Waals surface area (Å²) in [5.74, 6) is -1.26. The summed E-state index contributed by atoms with van der Waals surface area (Å²) in [5, 5.41) is 23.4. The minimum atomic E-state index is -0.900. The topological polar surface area (TPSA) is 102 Å². The Labute approximate surface area is 197 Å². The van der Waals surface area contributed by atoms with E-state index in [1.165, 1.54) is 13.8 Å². The number of hydrogen-bond donors (Lipinski definition) is 2. The Balaban J connectivity index is 1.94. The predicted octanol–water partition coefficient (Wildman–Crippen LogP) is 1.80. The minimum Gasteiger partial charge on any atom is -0.458 e. The van der Waals surface area contributed by atoms with Gasteiger partial charge in [0.1, 0.15) is 20.1 Å². The lowest BCUT2D eigenvalue weighted by molar-refractivity contribution is -0.338. The number of esters is 2. The Kier molecular flexibility index (Phi) is 5.86. The summed E-state index contributed by atoms with van der Waals surface area (Å²) in [5.41, 5.74) is 0.0350. The number of aliphatic hydroxyl groups excluding tert-OH is 2. The van der Waals surface area contributed by atoms with Gasteiger partial charge in [0.2, 0.25) is 0 Å². The molecule has 3 fully saturated rings. The lowest BCUT2D eigenvalue weighted by atomic mass is 9.39. The highest BCUT2D eigenvalue weighted by Crippen LogP contribution is 2.67. The van der Waals surface area contributed by atoms with Gasteiger partial charge in [-0.3, -0.25) is 9.59 Å². The van der Waals surface area contributed by atoms with E-state index in [2.05, 4.69) is 21.7 Å².